The molecule has 0 saturated heterocycles. The molecular formula is C18H24O5. The fraction of sp³-hybridized carbons (Fsp3) is 0.500. The Kier molecular flexibility index (Phi) is 6.94. The van der Waals surface area contributed by atoms with Crippen molar-refractivity contribution in [2.45, 2.75) is 40.5 Å². The summed E-state index contributed by atoms with van der Waals surface area (Å²) in [6.45, 7) is 7.09. The number of carbonyl (C=O) groups excluding carboxylic acids is 3. The van der Waals surface area contributed by atoms with Crippen LogP contribution in [-0.2, 0) is 25.5 Å². The van der Waals surface area contributed by atoms with Gasteiger partial charge in [-0.2, -0.15) is 0 Å². The van der Waals surface area contributed by atoms with Crippen molar-refractivity contribution >= 4 is 17.7 Å². The molecule has 0 saturated carbocycles. The summed E-state index contributed by atoms with van der Waals surface area (Å²) in [4.78, 5) is 36.1. The molecule has 0 aliphatic heterocycles. The number of hydrogen-bond donors (Lipinski definition) is 0. The molecule has 5 nitrogen and oxygen atoms in total. The van der Waals surface area contributed by atoms with Crippen LogP contribution in [0.3, 0.4) is 0 Å². The maximum Gasteiger partial charge on any atom is 0.323 e. The van der Waals surface area contributed by atoms with Crippen LogP contribution in [0.2, 0.25) is 0 Å². The summed E-state index contributed by atoms with van der Waals surface area (Å²) in [5.74, 6) is -1.16. The van der Waals surface area contributed by atoms with E-state index in [0.29, 0.717) is 12.0 Å². The minimum Gasteiger partial charge on any atom is -0.465 e. The molecule has 0 unspecified atom stereocenters. The number of esters is 2. The molecule has 0 amide bonds. The zero-order chi connectivity index (χ0) is 17.5. The highest BCUT2D eigenvalue weighted by Crippen LogP contribution is 2.27. The molecule has 0 spiro atoms. The number of hydrogen-bond acceptors (Lipinski definition) is 5. The number of carbonyl (C=O) groups is 3. The lowest BCUT2D eigenvalue weighted by molar-refractivity contribution is -0.170. The van der Waals surface area contributed by atoms with Gasteiger partial charge in [-0.15, -0.1) is 0 Å². The first kappa shape index (κ1) is 18.9. The number of rotatable bonds is 8. The second kappa shape index (κ2) is 8.46. The van der Waals surface area contributed by atoms with E-state index < -0.39 is 17.4 Å². The molecule has 5 heteroatoms. The Morgan fingerprint density at radius 3 is 1.78 bits per heavy atom. The Morgan fingerprint density at radius 2 is 1.39 bits per heavy atom. The fourth-order valence-corrected chi connectivity index (χ4v) is 2.23. The van der Waals surface area contributed by atoms with Crippen LogP contribution >= 0.6 is 0 Å². The first-order valence-corrected chi connectivity index (χ1v) is 7.85. The molecule has 0 bridgehead atoms. The summed E-state index contributed by atoms with van der Waals surface area (Å²) in [6.07, 6.45) is 0.591. The van der Waals surface area contributed by atoms with Gasteiger partial charge in [0.15, 0.2) is 11.2 Å². The minimum absolute atomic E-state index is 0.0510. The second-order valence-electron chi connectivity index (χ2n) is 5.42. The molecule has 1 aromatic rings. The molecule has 0 atom stereocenters. The summed E-state index contributed by atoms with van der Waals surface area (Å²) in [7, 11) is 0. The Bertz CT molecular complexity index is 541. The van der Waals surface area contributed by atoms with Crippen LogP contribution in [0.1, 0.15) is 50.0 Å². The monoisotopic (exact) mass is 320 g/mol. The largest absolute Gasteiger partial charge is 0.465 e. The summed E-state index contributed by atoms with van der Waals surface area (Å²) in [6, 6.07) is 6.91. The lowest BCUT2D eigenvalue weighted by Gasteiger charge is -2.25. The highest BCUT2D eigenvalue weighted by atomic mass is 16.6. The van der Waals surface area contributed by atoms with E-state index in [-0.39, 0.29) is 25.4 Å². The summed E-state index contributed by atoms with van der Waals surface area (Å²) in [5.41, 5.74) is -0.0195. The molecule has 0 aliphatic carbocycles. The highest BCUT2D eigenvalue weighted by Gasteiger charge is 2.44. The van der Waals surface area contributed by atoms with Gasteiger partial charge in [-0.3, -0.25) is 14.4 Å². The van der Waals surface area contributed by atoms with Gasteiger partial charge in [0.25, 0.3) is 0 Å². The number of Topliss-reactive ketones (excluding diaryl/α,β-unsaturated/α-hetero) is 1. The van der Waals surface area contributed by atoms with Gasteiger partial charge in [0.1, 0.15) is 0 Å². The van der Waals surface area contributed by atoms with Crippen molar-refractivity contribution < 1.29 is 23.9 Å². The molecule has 1 aromatic carbocycles. The van der Waals surface area contributed by atoms with Crippen LogP contribution < -0.4 is 0 Å². The summed E-state index contributed by atoms with van der Waals surface area (Å²) < 4.78 is 10.1. The Morgan fingerprint density at radius 1 is 0.913 bits per heavy atom. The number of ether oxygens (including phenoxy) is 2. The molecule has 0 aromatic heterocycles. The van der Waals surface area contributed by atoms with Crippen LogP contribution in [0, 0.1) is 5.41 Å². The molecule has 126 valence electrons. The van der Waals surface area contributed by atoms with Crippen LogP contribution in [-0.4, -0.2) is 30.9 Å². The van der Waals surface area contributed by atoms with E-state index in [4.69, 9.17) is 9.47 Å². The van der Waals surface area contributed by atoms with Crippen molar-refractivity contribution in [3.8, 4) is 0 Å². The second-order valence-corrected chi connectivity index (χ2v) is 5.42. The quantitative estimate of drug-likeness (QED) is 0.418. The zero-order valence-corrected chi connectivity index (χ0v) is 14.2. The molecule has 0 radical (unpaired) electrons. The van der Waals surface area contributed by atoms with E-state index in [9.17, 15) is 14.4 Å². The third-order valence-corrected chi connectivity index (χ3v) is 3.61. The maximum absolute atomic E-state index is 12.2. The third kappa shape index (κ3) is 4.65. The van der Waals surface area contributed by atoms with Crippen molar-refractivity contribution in [2.24, 2.45) is 5.41 Å². The van der Waals surface area contributed by atoms with Crippen LogP contribution in [0.15, 0.2) is 24.3 Å². The molecule has 23 heavy (non-hydrogen) atoms. The molecular weight excluding hydrogens is 296 g/mol. The summed E-state index contributed by atoms with van der Waals surface area (Å²) >= 11 is 0. The van der Waals surface area contributed by atoms with Gasteiger partial charge in [-0.25, -0.2) is 0 Å². The van der Waals surface area contributed by atoms with E-state index in [1.807, 2.05) is 0 Å². The van der Waals surface area contributed by atoms with Gasteiger partial charge in [0.05, 0.1) is 13.2 Å². The first-order chi connectivity index (χ1) is 10.9. The zero-order valence-electron chi connectivity index (χ0n) is 14.2. The van der Waals surface area contributed by atoms with Gasteiger partial charge < -0.3 is 9.47 Å². The fourth-order valence-electron chi connectivity index (χ4n) is 2.23. The standard InChI is InChI=1S/C18H24O5/c1-5-15(19)14-10-8-13(9-11-14)12-18(4,16(20)22-6-2)17(21)23-7-3/h8-11H,5-7,12H2,1-4H3. The molecule has 0 N–H and O–H groups in total. The van der Waals surface area contributed by atoms with Crippen molar-refractivity contribution in [2.75, 3.05) is 13.2 Å². The molecule has 0 heterocycles. The average Bonchev–Trinajstić information content (AvgIpc) is 2.55. The Hall–Kier alpha value is -2.17. The molecule has 1 rings (SSSR count). The van der Waals surface area contributed by atoms with E-state index in [1.54, 1.807) is 45.0 Å². The normalized spacial score (nSPS) is 11.0. The van der Waals surface area contributed by atoms with Gasteiger partial charge in [0, 0.05) is 12.0 Å². The van der Waals surface area contributed by atoms with E-state index in [2.05, 4.69) is 0 Å². The molecule has 0 fully saturated rings. The maximum atomic E-state index is 12.2. The topological polar surface area (TPSA) is 69.7 Å². The van der Waals surface area contributed by atoms with Gasteiger partial charge in [-0.05, 0) is 32.8 Å². The smallest absolute Gasteiger partial charge is 0.323 e. The van der Waals surface area contributed by atoms with Gasteiger partial charge >= 0.3 is 11.9 Å². The predicted molar refractivity (Wildman–Crippen MR) is 86.1 cm³/mol. The predicted octanol–water partition coefficient (Wildman–Crippen LogP) is 2.95. The molecule has 0 aliphatic rings. The minimum atomic E-state index is -1.40. The van der Waals surface area contributed by atoms with Crippen molar-refractivity contribution in [1.82, 2.24) is 0 Å². The Labute approximate surface area is 137 Å². The lowest BCUT2D eigenvalue weighted by Crippen LogP contribution is -2.41. The van der Waals surface area contributed by atoms with Crippen LogP contribution in [0.5, 0.6) is 0 Å². The highest BCUT2D eigenvalue weighted by molar-refractivity contribution is 6.00. The van der Waals surface area contributed by atoms with E-state index in [0.717, 1.165) is 5.56 Å². The van der Waals surface area contributed by atoms with Crippen LogP contribution in [0.4, 0.5) is 0 Å². The number of benzene rings is 1. The average molecular weight is 320 g/mol. The van der Waals surface area contributed by atoms with Crippen LogP contribution in [0.25, 0.3) is 0 Å². The lowest BCUT2D eigenvalue weighted by atomic mass is 9.83. The van der Waals surface area contributed by atoms with Crippen molar-refractivity contribution in [1.29, 1.82) is 0 Å². The number of ketones is 1. The van der Waals surface area contributed by atoms with Crippen molar-refractivity contribution in [3.63, 3.8) is 0 Å². The first-order valence-electron chi connectivity index (χ1n) is 7.85. The summed E-state index contributed by atoms with van der Waals surface area (Å²) in [5, 5.41) is 0. The third-order valence-electron chi connectivity index (χ3n) is 3.61. The Balaban J connectivity index is 3.03. The van der Waals surface area contributed by atoms with Gasteiger partial charge in [0.2, 0.25) is 0 Å². The van der Waals surface area contributed by atoms with Gasteiger partial charge in [-0.1, -0.05) is 31.2 Å². The van der Waals surface area contributed by atoms with E-state index >= 15 is 0 Å². The SMILES string of the molecule is CCOC(=O)C(C)(Cc1ccc(C(=O)CC)cc1)C(=O)OCC. The van der Waals surface area contributed by atoms with E-state index in [1.165, 1.54) is 6.92 Å². The van der Waals surface area contributed by atoms with Crippen molar-refractivity contribution in [3.05, 3.63) is 35.4 Å².